The quantitative estimate of drug-likeness (QED) is 0.912. The smallest absolute Gasteiger partial charge is 0.291 e. The van der Waals surface area contributed by atoms with E-state index in [0.29, 0.717) is 17.9 Å². The monoisotopic (exact) mass is 306 g/mol. The maximum Gasteiger partial charge on any atom is 0.291 e. The average Bonchev–Trinajstić information content (AvgIpc) is 3.09. The second-order valence-electron chi connectivity index (χ2n) is 6.70. The molecule has 4 aliphatic rings. The number of ether oxygens (including phenoxy) is 1. The van der Waals surface area contributed by atoms with E-state index < -0.39 is 0 Å². The van der Waals surface area contributed by atoms with Crippen LogP contribution in [0.4, 0.5) is 5.13 Å². The van der Waals surface area contributed by atoms with Crippen LogP contribution in [0.25, 0.3) is 0 Å². The number of rotatable bonds is 2. The van der Waals surface area contributed by atoms with E-state index in [-0.39, 0.29) is 5.60 Å². The number of aromatic nitrogens is 1. The molecule has 114 valence electrons. The highest BCUT2D eigenvalue weighted by Gasteiger charge is 2.51. The summed E-state index contributed by atoms with van der Waals surface area (Å²) in [6, 6.07) is 0.661. The number of piperidine rings is 3. The Bertz CT molecular complexity index is 562. The molecule has 4 aliphatic heterocycles. The SMILES string of the molecule is CC(C)c1csc(NC2=NC[C@]3(CN4CCC3CC4)O2)n1. The van der Waals surface area contributed by atoms with Crippen LogP contribution in [0, 0.1) is 5.92 Å². The lowest BCUT2D eigenvalue weighted by atomic mass is 9.75. The summed E-state index contributed by atoms with van der Waals surface area (Å²) in [5.74, 6) is 1.12. The number of nitrogens with zero attached hydrogens (tertiary/aromatic N) is 3. The molecule has 3 fully saturated rings. The van der Waals surface area contributed by atoms with Crippen LogP contribution in [-0.2, 0) is 4.74 Å². The Kier molecular flexibility index (Phi) is 3.19. The summed E-state index contributed by atoms with van der Waals surface area (Å²) in [6.07, 6.45) is 2.50. The highest BCUT2D eigenvalue weighted by molar-refractivity contribution is 7.13. The minimum atomic E-state index is -0.0724. The van der Waals surface area contributed by atoms with Crippen LogP contribution in [0.3, 0.4) is 0 Å². The van der Waals surface area contributed by atoms with Gasteiger partial charge in [-0.05, 0) is 31.8 Å². The molecule has 0 unspecified atom stereocenters. The van der Waals surface area contributed by atoms with Crippen molar-refractivity contribution < 1.29 is 4.74 Å². The molecule has 0 amide bonds. The van der Waals surface area contributed by atoms with Gasteiger partial charge in [-0.25, -0.2) is 9.98 Å². The average molecular weight is 306 g/mol. The summed E-state index contributed by atoms with van der Waals surface area (Å²) in [4.78, 5) is 11.7. The van der Waals surface area contributed by atoms with Crippen LogP contribution >= 0.6 is 11.3 Å². The third kappa shape index (κ3) is 2.34. The number of nitrogens with one attached hydrogen (secondary N) is 1. The van der Waals surface area contributed by atoms with Crippen molar-refractivity contribution in [1.29, 1.82) is 0 Å². The standard InChI is InChI=1S/C15H22N4OS/c1-10(2)12-7-21-14(17-12)18-13-16-8-15(20-13)9-19-5-3-11(15)4-6-19/h7,10-11H,3-6,8-9H2,1-2H3,(H,16,17,18)/t15-/m1/s1. The molecule has 1 spiro atoms. The topological polar surface area (TPSA) is 49.8 Å². The lowest BCUT2D eigenvalue weighted by molar-refractivity contribution is -0.0829. The second-order valence-corrected chi connectivity index (χ2v) is 7.55. The van der Waals surface area contributed by atoms with Gasteiger partial charge in [0.05, 0.1) is 12.2 Å². The first kappa shape index (κ1) is 13.5. The highest BCUT2D eigenvalue weighted by Crippen LogP contribution is 2.41. The van der Waals surface area contributed by atoms with Gasteiger partial charge in [-0.15, -0.1) is 11.3 Å². The fourth-order valence-electron chi connectivity index (χ4n) is 3.65. The molecule has 0 aromatic carbocycles. The zero-order chi connectivity index (χ0) is 14.4. The van der Waals surface area contributed by atoms with Crippen LogP contribution in [-0.4, -0.2) is 47.7 Å². The van der Waals surface area contributed by atoms with Crippen LogP contribution in [0.15, 0.2) is 10.4 Å². The molecular formula is C15H22N4OS. The van der Waals surface area contributed by atoms with E-state index in [1.54, 1.807) is 11.3 Å². The Balaban J connectivity index is 1.44. The first-order chi connectivity index (χ1) is 10.1. The highest BCUT2D eigenvalue weighted by atomic mass is 32.1. The molecular weight excluding hydrogens is 284 g/mol. The first-order valence-electron chi connectivity index (χ1n) is 7.83. The summed E-state index contributed by atoms with van der Waals surface area (Å²) in [7, 11) is 0. The molecule has 0 aliphatic carbocycles. The minimum absolute atomic E-state index is 0.0724. The molecule has 0 radical (unpaired) electrons. The Morgan fingerprint density at radius 3 is 2.86 bits per heavy atom. The predicted molar refractivity (Wildman–Crippen MR) is 85.1 cm³/mol. The van der Waals surface area contributed by atoms with Crippen molar-refractivity contribution in [1.82, 2.24) is 9.88 Å². The Morgan fingerprint density at radius 2 is 2.24 bits per heavy atom. The Morgan fingerprint density at radius 1 is 1.43 bits per heavy atom. The number of anilines is 1. The lowest BCUT2D eigenvalue weighted by Gasteiger charge is -2.50. The number of fused-ring (bicyclic) bond motifs is 2. The molecule has 21 heavy (non-hydrogen) atoms. The molecule has 3 saturated heterocycles. The third-order valence-electron chi connectivity index (χ3n) is 4.94. The Labute approximate surface area is 129 Å². The van der Waals surface area contributed by atoms with Gasteiger partial charge in [0.15, 0.2) is 5.13 Å². The van der Waals surface area contributed by atoms with Crippen molar-refractivity contribution in [3.05, 3.63) is 11.1 Å². The van der Waals surface area contributed by atoms with Crippen molar-refractivity contribution in [3.63, 3.8) is 0 Å². The maximum atomic E-state index is 6.26. The summed E-state index contributed by atoms with van der Waals surface area (Å²) >= 11 is 1.62. The van der Waals surface area contributed by atoms with Gasteiger partial charge >= 0.3 is 0 Å². The fraction of sp³-hybridized carbons (Fsp3) is 0.733. The van der Waals surface area contributed by atoms with Crippen LogP contribution in [0.2, 0.25) is 0 Å². The molecule has 1 aromatic heterocycles. The molecule has 5 nitrogen and oxygen atoms in total. The van der Waals surface area contributed by atoms with E-state index in [2.05, 4.69) is 39.4 Å². The van der Waals surface area contributed by atoms with Crippen LogP contribution in [0.5, 0.6) is 0 Å². The minimum Gasteiger partial charge on any atom is -0.455 e. The molecule has 6 heteroatoms. The number of thiazole rings is 1. The zero-order valence-electron chi connectivity index (χ0n) is 12.6. The predicted octanol–water partition coefficient (Wildman–Crippen LogP) is 2.53. The van der Waals surface area contributed by atoms with Gasteiger partial charge in [-0.2, -0.15) is 0 Å². The number of amidine groups is 1. The van der Waals surface area contributed by atoms with Gasteiger partial charge in [0.1, 0.15) is 5.60 Å². The molecule has 0 saturated carbocycles. The van der Waals surface area contributed by atoms with Crippen molar-refractivity contribution in [2.45, 2.75) is 38.2 Å². The van der Waals surface area contributed by atoms with Crippen molar-refractivity contribution in [3.8, 4) is 0 Å². The van der Waals surface area contributed by atoms with Crippen molar-refractivity contribution in [2.24, 2.45) is 10.9 Å². The second kappa shape index (κ2) is 4.95. The molecule has 1 aromatic rings. The summed E-state index contributed by atoms with van der Waals surface area (Å²) in [5, 5.41) is 6.25. The van der Waals surface area contributed by atoms with Gasteiger partial charge in [0.2, 0.25) is 0 Å². The molecule has 1 atom stereocenters. The summed E-state index contributed by atoms with van der Waals surface area (Å²) in [6.45, 7) is 8.58. The maximum absolute atomic E-state index is 6.26. The van der Waals surface area contributed by atoms with E-state index in [9.17, 15) is 0 Å². The van der Waals surface area contributed by atoms with Gasteiger partial charge in [0.25, 0.3) is 6.02 Å². The van der Waals surface area contributed by atoms with E-state index >= 15 is 0 Å². The van der Waals surface area contributed by atoms with Crippen LogP contribution < -0.4 is 5.32 Å². The lowest BCUT2D eigenvalue weighted by Crippen LogP contribution is -2.61. The molecule has 5 rings (SSSR count). The van der Waals surface area contributed by atoms with E-state index in [1.807, 2.05) is 0 Å². The van der Waals surface area contributed by atoms with Crippen LogP contribution in [0.1, 0.15) is 38.3 Å². The van der Waals surface area contributed by atoms with E-state index in [0.717, 1.165) is 23.9 Å². The molecule has 2 bridgehead atoms. The van der Waals surface area contributed by atoms with E-state index in [1.165, 1.54) is 25.9 Å². The van der Waals surface area contributed by atoms with Gasteiger partial charge in [-0.1, -0.05) is 13.8 Å². The number of hydrogen-bond acceptors (Lipinski definition) is 6. The third-order valence-corrected chi connectivity index (χ3v) is 5.72. The van der Waals surface area contributed by atoms with Gasteiger partial charge < -0.3 is 4.74 Å². The summed E-state index contributed by atoms with van der Waals surface area (Å²) in [5.41, 5.74) is 1.05. The zero-order valence-corrected chi connectivity index (χ0v) is 13.4. The number of aliphatic imine (C=N–C) groups is 1. The van der Waals surface area contributed by atoms with Crippen molar-refractivity contribution in [2.75, 3.05) is 31.5 Å². The Hall–Kier alpha value is -1.14. The van der Waals surface area contributed by atoms with E-state index in [4.69, 9.17) is 4.74 Å². The fourth-order valence-corrected chi connectivity index (χ4v) is 4.51. The number of hydrogen-bond donors (Lipinski definition) is 1. The normalized spacial score (nSPS) is 34.3. The van der Waals surface area contributed by atoms with Crippen molar-refractivity contribution >= 4 is 22.5 Å². The van der Waals surface area contributed by atoms with Gasteiger partial charge in [0, 0.05) is 17.8 Å². The van der Waals surface area contributed by atoms with Gasteiger partial charge in [-0.3, -0.25) is 10.2 Å². The first-order valence-corrected chi connectivity index (χ1v) is 8.71. The largest absolute Gasteiger partial charge is 0.455 e. The molecule has 5 heterocycles. The summed E-state index contributed by atoms with van der Waals surface area (Å²) < 4.78 is 6.26. The molecule has 1 N–H and O–H groups in total.